The minimum atomic E-state index is -3.64. The first-order valence-corrected chi connectivity index (χ1v) is 9.32. The quantitative estimate of drug-likeness (QED) is 0.476. The maximum atomic E-state index is 12.2. The van der Waals surface area contributed by atoms with Crippen molar-refractivity contribution in [3.8, 4) is 23.0 Å². The Morgan fingerprint density at radius 3 is 2.70 bits per heavy atom. The number of sulfonamides is 1. The van der Waals surface area contributed by atoms with Crippen molar-refractivity contribution in [1.29, 1.82) is 0 Å². The molecule has 2 heterocycles. The number of aromatic nitrogens is 3. The molecule has 0 spiro atoms. The topological polar surface area (TPSA) is 136 Å². The summed E-state index contributed by atoms with van der Waals surface area (Å²) in [7, 11) is -2.14. The van der Waals surface area contributed by atoms with Gasteiger partial charge in [0.25, 0.3) is 5.89 Å². The average Bonchev–Trinajstić information content (AvgIpc) is 3.31. The first kappa shape index (κ1) is 21.1. The number of rotatable bonds is 8. The van der Waals surface area contributed by atoms with E-state index >= 15 is 0 Å². The predicted molar refractivity (Wildman–Crippen MR) is 102 cm³/mol. The van der Waals surface area contributed by atoms with E-state index in [1.54, 1.807) is 0 Å². The van der Waals surface area contributed by atoms with Gasteiger partial charge >= 0.3 is 0 Å². The van der Waals surface area contributed by atoms with Crippen molar-refractivity contribution >= 4 is 22.4 Å². The Labute approximate surface area is 162 Å². The monoisotopic (exact) mass is 413 g/mol. The molecule has 0 aliphatic carbocycles. The van der Waals surface area contributed by atoms with Crippen LogP contribution in [0.1, 0.15) is 5.56 Å². The normalized spacial score (nSPS) is 11.3. The minimum Gasteiger partial charge on any atom is -0.383 e. The number of ether oxygens (including phenoxy) is 1. The summed E-state index contributed by atoms with van der Waals surface area (Å²) < 4.78 is 36.8. The molecular formula is C16H20ClN5O4S. The summed E-state index contributed by atoms with van der Waals surface area (Å²) in [6, 6.07) is 8.90. The Hall–Kier alpha value is -2.24. The molecule has 27 heavy (non-hydrogen) atoms. The Bertz CT molecular complexity index is 969. The van der Waals surface area contributed by atoms with Gasteiger partial charge in [-0.2, -0.15) is 4.98 Å². The van der Waals surface area contributed by atoms with Gasteiger partial charge in [-0.15, -0.1) is 12.4 Å². The SMILES string of the molecule is COCCNS(=O)(=O)c1c[nH]c(-c2nc(-c3ccc(CN)cc3)no2)c1.Cl. The van der Waals surface area contributed by atoms with E-state index in [0.29, 0.717) is 18.1 Å². The summed E-state index contributed by atoms with van der Waals surface area (Å²) in [6.45, 7) is 0.922. The van der Waals surface area contributed by atoms with Crippen molar-refractivity contribution in [2.75, 3.05) is 20.3 Å². The van der Waals surface area contributed by atoms with Gasteiger partial charge in [0.15, 0.2) is 0 Å². The van der Waals surface area contributed by atoms with Crippen molar-refractivity contribution in [1.82, 2.24) is 19.8 Å². The molecule has 0 radical (unpaired) electrons. The number of H-pyrrole nitrogens is 1. The number of methoxy groups -OCH3 is 1. The van der Waals surface area contributed by atoms with Crippen molar-refractivity contribution in [3.05, 3.63) is 42.1 Å². The smallest absolute Gasteiger partial charge is 0.274 e. The summed E-state index contributed by atoms with van der Waals surface area (Å²) in [5.41, 5.74) is 7.76. The highest BCUT2D eigenvalue weighted by Gasteiger charge is 2.19. The minimum absolute atomic E-state index is 0. The molecule has 3 aromatic rings. The van der Waals surface area contributed by atoms with E-state index in [2.05, 4.69) is 19.8 Å². The lowest BCUT2D eigenvalue weighted by molar-refractivity contribution is 0.204. The number of hydrogen-bond acceptors (Lipinski definition) is 7. The third-order valence-electron chi connectivity index (χ3n) is 3.67. The summed E-state index contributed by atoms with van der Waals surface area (Å²) >= 11 is 0. The zero-order valence-corrected chi connectivity index (χ0v) is 16.1. The van der Waals surface area contributed by atoms with Crippen molar-refractivity contribution < 1.29 is 17.7 Å². The molecule has 9 nitrogen and oxygen atoms in total. The number of halogens is 1. The highest BCUT2D eigenvalue weighted by molar-refractivity contribution is 7.89. The molecule has 3 rings (SSSR count). The number of hydrogen-bond donors (Lipinski definition) is 3. The van der Waals surface area contributed by atoms with Crippen LogP contribution in [0.3, 0.4) is 0 Å². The van der Waals surface area contributed by atoms with Gasteiger partial charge in [-0.25, -0.2) is 13.1 Å². The van der Waals surface area contributed by atoms with Crippen LogP contribution >= 0.6 is 12.4 Å². The molecular weight excluding hydrogens is 394 g/mol. The summed E-state index contributed by atoms with van der Waals surface area (Å²) in [5.74, 6) is 0.599. The van der Waals surface area contributed by atoms with Crippen LogP contribution in [-0.4, -0.2) is 43.8 Å². The third-order valence-corrected chi connectivity index (χ3v) is 5.11. The van der Waals surface area contributed by atoms with E-state index in [1.807, 2.05) is 24.3 Å². The van der Waals surface area contributed by atoms with Crippen LogP contribution in [-0.2, 0) is 21.3 Å². The van der Waals surface area contributed by atoms with Crippen LogP contribution in [0, 0.1) is 0 Å². The summed E-state index contributed by atoms with van der Waals surface area (Å²) in [5, 5.41) is 3.93. The van der Waals surface area contributed by atoms with E-state index in [0.717, 1.165) is 11.1 Å². The van der Waals surface area contributed by atoms with Crippen molar-refractivity contribution in [2.24, 2.45) is 5.73 Å². The molecule has 0 atom stereocenters. The maximum Gasteiger partial charge on any atom is 0.274 e. The summed E-state index contributed by atoms with van der Waals surface area (Å²) in [4.78, 5) is 7.22. The zero-order chi connectivity index (χ0) is 18.6. The van der Waals surface area contributed by atoms with Crippen LogP contribution in [0.4, 0.5) is 0 Å². The fourth-order valence-electron chi connectivity index (χ4n) is 2.25. The van der Waals surface area contributed by atoms with Gasteiger partial charge < -0.3 is 20.0 Å². The van der Waals surface area contributed by atoms with E-state index in [4.69, 9.17) is 15.0 Å². The van der Waals surface area contributed by atoms with Gasteiger partial charge in [-0.05, 0) is 11.6 Å². The predicted octanol–water partition coefficient (Wildman–Crippen LogP) is 1.54. The molecule has 0 saturated heterocycles. The lowest BCUT2D eigenvalue weighted by Gasteiger charge is -2.03. The standard InChI is InChI=1S/C16H19N5O4S.ClH/c1-24-7-6-19-26(22,23)13-8-14(18-10-13)16-20-15(21-25-16)12-4-2-11(9-17)3-5-12;/h2-5,8,10,18-19H,6-7,9,17H2,1H3;1H. The number of nitrogens with one attached hydrogen (secondary N) is 2. The lowest BCUT2D eigenvalue weighted by atomic mass is 10.1. The van der Waals surface area contributed by atoms with Gasteiger partial charge in [0.1, 0.15) is 10.6 Å². The zero-order valence-electron chi connectivity index (χ0n) is 14.5. The Balaban J connectivity index is 0.00000261. The molecule has 0 aliphatic rings. The first-order chi connectivity index (χ1) is 12.5. The van der Waals surface area contributed by atoms with Crippen LogP contribution < -0.4 is 10.5 Å². The van der Waals surface area contributed by atoms with E-state index in [9.17, 15) is 8.42 Å². The van der Waals surface area contributed by atoms with Gasteiger partial charge in [0.2, 0.25) is 15.8 Å². The highest BCUT2D eigenvalue weighted by atomic mass is 35.5. The third kappa shape index (κ3) is 4.93. The van der Waals surface area contributed by atoms with E-state index in [1.165, 1.54) is 19.4 Å². The number of nitrogens with zero attached hydrogens (tertiary/aromatic N) is 2. The number of nitrogens with two attached hydrogens (primary N) is 1. The molecule has 1 aromatic carbocycles. The highest BCUT2D eigenvalue weighted by Crippen LogP contribution is 2.23. The van der Waals surface area contributed by atoms with Gasteiger partial charge in [-0.3, -0.25) is 0 Å². The molecule has 4 N–H and O–H groups in total. The molecule has 146 valence electrons. The fourth-order valence-corrected chi connectivity index (χ4v) is 3.26. The van der Waals surface area contributed by atoms with Crippen molar-refractivity contribution in [2.45, 2.75) is 11.4 Å². The second-order valence-corrected chi connectivity index (χ2v) is 7.23. The molecule has 0 fully saturated rings. The summed E-state index contributed by atoms with van der Waals surface area (Å²) in [6.07, 6.45) is 1.37. The van der Waals surface area contributed by atoms with Crippen molar-refractivity contribution in [3.63, 3.8) is 0 Å². The molecule has 0 amide bonds. The van der Waals surface area contributed by atoms with Crippen LogP contribution in [0.2, 0.25) is 0 Å². The maximum absolute atomic E-state index is 12.2. The number of benzene rings is 1. The second kappa shape index (κ2) is 9.11. The molecule has 11 heteroatoms. The molecule has 0 unspecified atom stereocenters. The van der Waals surface area contributed by atoms with Crippen LogP contribution in [0.15, 0.2) is 45.9 Å². The Morgan fingerprint density at radius 1 is 1.30 bits per heavy atom. The lowest BCUT2D eigenvalue weighted by Crippen LogP contribution is -2.26. The molecule has 0 saturated carbocycles. The number of aromatic amines is 1. The van der Waals surface area contributed by atoms with E-state index in [-0.39, 0.29) is 36.3 Å². The van der Waals surface area contributed by atoms with Gasteiger partial charge in [0, 0.05) is 32.0 Å². The molecule has 0 aliphatic heterocycles. The van der Waals surface area contributed by atoms with Crippen LogP contribution in [0.25, 0.3) is 23.0 Å². The second-order valence-electron chi connectivity index (χ2n) is 5.46. The average molecular weight is 414 g/mol. The Kier molecular flexibility index (Phi) is 7.11. The fraction of sp³-hybridized carbons (Fsp3) is 0.250. The Morgan fingerprint density at radius 2 is 2.04 bits per heavy atom. The largest absolute Gasteiger partial charge is 0.383 e. The van der Waals surface area contributed by atoms with Gasteiger partial charge in [0.05, 0.1) is 6.61 Å². The molecule has 0 bridgehead atoms. The molecule has 2 aromatic heterocycles. The van der Waals surface area contributed by atoms with E-state index < -0.39 is 10.0 Å². The van der Waals surface area contributed by atoms with Crippen LogP contribution in [0.5, 0.6) is 0 Å². The first-order valence-electron chi connectivity index (χ1n) is 7.84. The van der Waals surface area contributed by atoms with Gasteiger partial charge in [-0.1, -0.05) is 29.4 Å².